The summed E-state index contributed by atoms with van der Waals surface area (Å²) in [6, 6.07) is -0.520. The van der Waals surface area contributed by atoms with Gasteiger partial charge in [-0.3, -0.25) is 14.5 Å². The van der Waals surface area contributed by atoms with E-state index in [9.17, 15) is 5.11 Å². The molecule has 5 rings (SSSR count). The van der Waals surface area contributed by atoms with Gasteiger partial charge in [0.2, 0.25) is 11.6 Å². The summed E-state index contributed by atoms with van der Waals surface area (Å²) in [7, 11) is 4.72. The molecule has 1 fully saturated rings. The molecule has 0 spiro atoms. The van der Waals surface area contributed by atoms with Crippen LogP contribution in [0.25, 0.3) is 5.76 Å². The molecule has 2 heterocycles. The number of aromatic nitrogens is 2. The number of carbonyl (C=O) groups is 2. The van der Waals surface area contributed by atoms with E-state index in [4.69, 9.17) is 23.4 Å². The molecule has 49 heavy (non-hydrogen) atoms. The highest BCUT2D eigenvalue weighted by atomic mass is 79.9. The molecule has 3 aliphatic carbocycles. The third kappa shape index (κ3) is 6.16. The van der Waals surface area contributed by atoms with Crippen LogP contribution in [0.2, 0.25) is 18.1 Å². The molecule has 2 aromatic heterocycles. The number of ketones is 2. The van der Waals surface area contributed by atoms with E-state index in [1.807, 2.05) is 51.1 Å². The van der Waals surface area contributed by atoms with Crippen LogP contribution in [0.5, 0.6) is 11.6 Å². The second-order valence-electron chi connectivity index (χ2n) is 15.6. The summed E-state index contributed by atoms with van der Waals surface area (Å²) in [6.07, 6.45) is 4.20. The number of halogens is 1. The number of ether oxygens (including phenoxy) is 2. The molecule has 3 aliphatic rings. The minimum atomic E-state index is -2.83. The van der Waals surface area contributed by atoms with Crippen molar-refractivity contribution < 1.29 is 33.1 Å². The fourth-order valence-corrected chi connectivity index (χ4v) is 9.17. The van der Waals surface area contributed by atoms with Gasteiger partial charge in [-0.2, -0.15) is 0 Å². The van der Waals surface area contributed by atoms with Crippen LogP contribution in [-0.2, 0) is 15.6 Å². The molecule has 0 saturated heterocycles. The van der Waals surface area contributed by atoms with E-state index in [-0.39, 0.29) is 27.8 Å². The number of Topliss-reactive ketones (excluding diaryl/α,β-unsaturated/α-hetero) is 2. The first kappa shape index (κ1) is 37.5. The van der Waals surface area contributed by atoms with E-state index in [2.05, 4.69) is 55.7 Å². The van der Waals surface area contributed by atoms with Gasteiger partial charge in [0.15, 0.2) is 31.2 Å². The van der Waals surface area contributed by atoms with E-state index in [0.29, 0.717) is 53.5 Å². The zero-order chi connectivity index (χ0) is 36.2. The largest absolute Gasteiger partial charge is 0.507 e. The van der Waals surface area contributed by atoms with E-state index >= 15 is 9.59 Å². The van der Waals surface area contributed by atoms with Crippen molar-refractivity contribution in [2.24, 2.45) is 11.8 Å². The summed E-state index contributed by atoms with van der Waals surface area (Å²) in [6.45, 7) is 15.3. The normalized spacial score (nSPS) is 23.7. The lowest BCUT2D eigenvalue weighted by Gasteiger charge is -2.55. The number of aliphatic hydroxyl groups is 1. The van der Waals surface area contributed by atoms with Gasteiger partial charge < -0.3 is 28.4 Å². The summed E-state index contributed by atoms with van der Waals surface area (Å²) in [4.78, 5) is 39.5. The maximum atomic E-state index is 15.6. The summed E-state index contributed by atoms with van der Waals surface area (Å²) in [5.74, 6) is -0.831. The number of pyridine rings is 1. The lowest BCUT2D eigenvalue weighted by molar-refractivity contribution is -0.140. The Bertz CT molecular complexity index is 1650. The third-order valence-electron chi connectivity index (χ3n) is 10.8. The second-order valence-corrected chi connectivity index (χ2v) is 21.1. The standard InChI is InChI=1S/C36H53BrN4O7Si/c1-12-14-16-45-29-24-21(32(37)38-33(29)41(8)9)18-20-19-22-26(40(6)7)28-25(34(39-47-28)46-17-15-13-2)31(44)36(22,30(43)23(20)27(24)42)48-49(10,11)35(3,4)5/h20,22,26,42H,12-19H2,1-11H3/t20-,22-,26-,36-/m0/s1. The maximum absolute atomic E-state index is 15.6. The minimum absolute atomic E-state index is 0.0799. The molecule has 13 heteroatoms. The summed E-state index contributed by atoms with van der Waals surface area (Å²) in [5, 5.41) is 16.3. The fourth-order valence-electron chi connectivity index (χ4n) is 7.19. The Kier molecular flexibility index (Phi) is 10.5. The monoisotopic (exact) mass is 760 g/mol. The maximum Gasteiger partial charge on any atom is 0.265 e. The number of hydrogen-bond acceptors (Lipinski definition) is 11. The molecule has 11 nitrogen and oxygen atoms in total. The molecule has 0 bridgehead atoms. The lowest BCUT2D eigenvalue weighted by atomic mass is 9.57. The first-order valence-electron chi connectivity index (χ1n) is 17.5. The zero-order valence-corrected chi connectivity index (χ0v) is 33.5. The van der Waals surface area contributed by atoms with Crippen molar-refractivity contribution in [1.82, 2.24) is 15.0 Å². The van der Waals surface area contributed by atoms with E-state index in [1.54, 1.807) is 0 Å². The van der Waals surface area contributed by atoms with Crippen LogP contribution in [0, 0.1) is 11.8 Å². The molecule has 1 saturated carbocycles. The Balaban J connectivity index is 1.79. The third-order valence-corrected chi connectivity index (χ3v) is 15.9. The molecule has 4 atom stereocenters. The number of aliphatic hydroxyl groups excluding tert-OH is 1. The number of hydrogen-bond donors (Lipinski definition) is 1. The number of unbranched alkanes of at least 4 members (excludes halogenated alkanes) is 2. The van der Waals surface area contributed by atoms with E-state index < -0.39 is 43.4 Å². The van der Waals surface area contributed by atoms with Crippen LogP contribution in [0.15, 0.2) is 14.7 Å². The minimum Gasteiger partial charge on any atom is -0.507 e. The van der Waals surface area contributed by atoms with Gasteiger partial charge in [0.05, 0.1) is 24.8 Å². The second kappa shape index (κ2) is 13.8. The van der Waals surface area contributed by atoms with Gasteiger partial charge in [-0.1, -0.05) is 47.5 Å². The Morgan fingerprint density at radius 3 is 2.22 bits per heavy atom. The molecular weight excluding hydrogens is 708 g/mol. The molecule has 0 aliphatic heterocycles. The van der Waals surface area contributed by atoms with Crippen LogP contribution in [0.4, 0.5) is 5.82 Å². The molecule has 1 N–H and O–H groups in total. The van der Waals surface area contributed by atoms with Crippen molar-refractivity contribution in [3.63, 3.8) is 0 Å². The first-order chi connectivity index (χ1) is 22.9. The van der Waals surface area contributed by atoms with Gasteiger partial charge >= 0.3 is 0 Å². The van der Waals surface area contributed by atoms with Crippen LogP contribution in [-0.4, -0.2) is 87.0 Å². The number of nitrogens with zero attached hydrogens (tertiary/aromatic N) is 4. The summed E-state index contributed by atoms with van der Waals surface area (Å²) < 4.78 is 26.1. The Morgan fingerprint density at radius 2 is 1.65 bits per heavy atom. The molecule has 270 valence electrons. The van der Waals surface area contributed by atoms with Gasteiger partial charge in [0.25, 0.3) is 5.88 Å². The van der Waals surface area contributed by atoms with E-state index in [0.717, 1.165) is 31.2 Å². The van der Waals surface area contributed by atoms with Crippen LogP contribution in [0.1, 0.15) is 100 Å². The van der Waals surface area contributed by atoms with Crippen molar-refractivity contribution in [3.8, 4) is 11.6 Å². The molecule has 0 unspecified atom stereocenters. The Labute approximate surface area is 300 Å². The average molecular weight is 762 g/mol. The quantitative estimate of drug-likeness (QED) is 0.0998. The average Bonchev–Trinajstić information content (AvgIpc) is 3.42. The smallest absolute Gasteiger partial charge is 0.265 e. The molecule has 0 radical (unpaired) electrons. The van der Waals surface area contributed by atoms with Crippen molar-refractivity contribution >= 4 is 47.4 Å². The fraction of sp³-hybridized carbons (Fsp3) is 0.667. The zero-order valence-electron chi connectivity index (χ0n) is 31.0. The van der Waals surface area contributed by atoms with Gasteiger partial charge in [-0.05, 0) is 84.9 Å². The number of rotatable bonds is 12. The highest BCUT2D eigenvalue weighted by Gasteiger charge is 2.69. The van der Waals surface area contributed by atoms with Crippen molar-refractivity contribution in [2.45, 2.75) is 103 Å². The Hall–Kier alpha value is -2.74. The number of carbonyl (C=O) groups excluding carboxylic acids is 2. The van der Waals surface area contributed by atoms with Gasteiger partial charge in [0.1, 0.15) is 15.9 Å². The highest BCUT2D eigenvalue weighted by molar-refractivity contribution is 9.10. The lowest BCUT2D eigenvalue weighted by Crippen LogP contribution is -2.68. The van der Waals surface area contributed by atoms with Crippen molar-refractivity contribution in [1.29, 1.82) is 0 Å². The van der Waals surface area contributed by atoms with Crippen molar-refractivity contribution in [2.75, 3.05) is 46.3 Å². The summed E-state index contributed by atoms with van der Waals surface area (Å²) in [5.41, 5.74) is -0.384. The predicted octanol–water partition coefficient (Wildman–Crippen LogP) is 7.55. The SMILES string of the molecule is CCCCOc1noc2c1C(=O)[C@@]1(O[Si](C)(C)C(C)(C)C)C(=O)C3=C(O)c4c(c(Br)nc(N(C)C)c4OCCCC)C[C@H]3C[C@H]1[C@@H]2N(C)C. The van der Waals surface area contributed by atoms with Gasteiger partial charge in [-0.15, -0.1) is 0 Å². The topological polar surface area (TPSA) is 127 Å². The van der Waals surface area contributed by atoms with Gasteiger partial charge in [0, 0.05) is 31.1 Å². The molecule has 0 aromatic carbocycles. The van der Waals surface area contributed by atoms with Crippen molar-refractivity contribution in [3.05, 3.63) is 32.6 Å². The van der Waals surface area contributed by atoms with Gasteiger partial charge in [-0.25, -0.2) is 4.98 Å². The van der Waals surface area contributed by atoms with E-state index in [1.165, 1.54) is 0 Å². The Morgan fingerprint density at radius 1 is 1.02 bits per heavy atom. The molecule has 0 amide bonds. The van der Waals surface area contributed by atoms with Crippen LogP contribution < -0.4 is 14.4 Å². The summed E-state index contributed by atoms with van der Waals surface area (Å²) >= 11 is 3.68. The number of fused-ring (bicyclic) bond motifs is 4. The molecule has 2 aromatic rings. The molecular formula is C36H53BrN4O7Si. The number of anilines is 1. The first-order valence-corrected chi connectivity index (χ1v) is 21.2. The van der Waals surface area contributed by atoms with Crippen LogP contribution in [0.3, 0.4) is 0 Å². The van der Waals surface area contributed by atoms with Crippen LogP contribution >= 0.6 is 15.9 Å². The predicted molar refractivity (Wildman–Crippen MR) is 195 cm³/mol. The highest BCUT2D eigenvalue weighted by Crippen LogP contribution is 2.59.